The molecule has 5 nitrogen and oxygen atoms in total. The van der Waals surface area contributed by atoms with Gasteiger partial charge in [-0.3, -0.25) is 4.98 Å². The monoisotopic (exact) mass is 897 g/mol. The van der Waals surface area contributed by atoms with E-state index in [1.165, 1.54) is 44.1 Å². The second kappa shape index (κ2) is 16.2. The van der Waals surface area contributed by atoms with Crippen molar-refractivity contribution >= 4 is 46.4 Å². The third-order valence-electron chi connectivity index (χ3n) is 10.6. The molecule has 1 radical (unpaired) electrons. The largest absolute Gasteiger partial charge is 0.486 e. The van der Waals surface area contributed by atoms with Gasteiger partial charge >= 0.3 is 0 Å². The van der Waals surface area contributed by atoms with Crippen molar-refractivity contribution in [1.82, 2.24) is 19.5 Å². The molecule has 0 saturated heterocycles. The smallest absolute Gasteiger partial charge is 0.216 e. The zero-order valence-electron chi connectivity index (χ0n) is 32.5. The van der Waals surface area contributed by atoms with E-state index in [1.54, 1.807) is 10.8 Å². The molecule has 0 spiro atoms. The number of benzene rings is 3. The molecule has 7 heteroatoms. The van der Waals surface area contributed by atoms with Gasteiger partial charge in [-0.15, -0.1) is 53.6 Å². The molecule has 0 bridgehead atoms. The second-order valence-electron chi connectivity index (χ2n) is 16.2. The SMILES string of the molecule is C[Si](C)(C)c1cnc(-c2[c-]cccc2)cc1CC1CCCCC1.Cc1ccc2c(n1)oc1c(-c3nc4ccccc4n3C(C)C)[c-]cc(C(C)C)c12.[Ir]. The van der Waals surface area contributed by atoms with E-state index in [0.717, 1.165) is 61.6 Å². The summed E-state index contributed by atoms with van der Waals surface area (Å²) in [7, 11) is -1.36. The molecular formula is C46H52IrN4OSi-2. The van der Waals surface area contributed by atoms with Gasteiger partial charge in [-0.25, -0.2) is 4.98 Å². The third-order valence-corrected chi connectivity index (χ3v) is 12.6. The number of imidazole rings is 1. The number of pyridine rings is 2. The Labute approximate surface area is 330 Å². The van der Waals surface area contributed by atoms with E-state index in [2.05, 4.69) is 124 Å². The average Bonchev–Trinajstić information content (AvgIpc) is 3.71. The van der Waals surface area contributed by atoms with Gasteiger partial charge in [0, 0.05) is 43.4 Å². The molecular weight excluding hydrogens is 845 g/mol. The number of aromatic nitrogens is 4. The first kappa shape index (κ1) is 38.8. The molecule has 1 aliphatic rings. The molecule has 4 heterocycles. The first-order valence-corrected chi connectivity index (χ1v) is 22.7. The maximum absolute atomic E-state index is 6.34. The molecule has 0 unspecified atom stereocenters. The van der Waals surface area contributed by atoms with Crippen LogP contribution in [0, 0.1) is 25.0 Å². The van der Waals surface area contributed by atoms with Crippen LogP contribution in [0.25, 0.3) is 55.7 Å². The van der Waals surface area contributed by atoms with Gasteiger partial charge in [0.25, 0.3) is 0 Å². The molecule has 0 N–H and O–H groups in total. The summed E-state index contributed by atoms with van der Waals surface area (Å²) in [4.78, 5) is 14.4. The molecule has 1 saturated carbocycles. The maximum Gasteiger partial charge on any atom is 0.216 e. The van der Waals surface area contributed by atoms with Gasteiger partial charge < -0.3 is 14.0 Å². The van der Waals surface area contributed by atoms with Crippen LogP contribution in [0.1, 0.15) is 88.6 Å². The van der Waals surface area contributed by atoms with Gasteiger partial charge in [-0.05, 0) is 68.3 Å². The summed E-state index contributed by atoms with van der Waals surface area (Å²) < 4.78 is 8.61. The van der Waals surface area contributed by atoms with Crippen LogP contribution < -0.4 is 5.19 Å². The quantitative estimate of drug-likeness (QED) is 0.118. The molecule has 1 fully saturated rings. The Balaban J connectivity index is 0.000000183. The number of furan rings is 1. The number of hydrogen-bond acceptors (Lipinski definition) is 4. The van der Waals surface area contributed by atoms with Crippen LogP contribution in [0.2, 0.25) is 19.6 Å². The molecule has 0 aliphatic heterocycles. The summed E-state index contributed by atoms with van der Waals surface area (Å²) in [5.41, 5.74) is 10.4. The minimum absolute atomic E-state index is 0. The van der Waals surface area contributed by atoms with Crippen LogP contribution in [0.3, 0.4) is 0 Å². The van der Waals surface area contributed by atoms with Crippen molar-refractivity contribution in [2.24, 2.45) is 5.92 Å². The van der Waals surface area contributed by atoms with E-state index in [9.17, 15) is 0 Å². The van der Waals surface area contributed by atoms with E-state index in [-0.39, 0.29) is 26.1 Å². The maximum atomic E-state index is 6.34. The minimum Gasteiger partial charge on any atom is -0.486 e. The normalized spacial score (nSPS) is 13.8. The van der Waals surface area contributed by atoms with Crippen molar-refractivity contribution in [2.75, 3.05) is 0 Å². The summed E-state index contributed by atoms with van der Waals surface area (Å²) in [6.45, 7) is 18.1. The van der Waals surface area contributed by atoms with Crippen LogP contribution in [-0.4, -0.2) is 27.6 Å². The Morgan fingerprint density at radius 1 is 0.906 bits per heavy atom. The number of fused-ring (bicyclic) bond motifs is 4. The van der Waals surface area contributed by atoms with Crippen LogP contribution in [0.4, 0.5) is 0 Å². The molecule has 7 aromatic rings. The molecule has 3 aromatic carbocycles. The fourth-order valence-corrected chi connectivity index (χ4v) is 9.52. The topological polar surface area (TPSA) is 56.7 Å². The Morgan fingerprint density at radius 3 is 2.36 bits per heavy atom. The average molecular weight is 897 g/mol. The molecule has 1 aliphatic carbocycles. The number of para-hydroxylation sites is 2. The predicted molar refractivity (Wildman–Crippen MR) is 220 cm³/mol. The Morgan fingerprint density at radius 2 is 1.66 bits per heavy atom. The summed E-state index contributed by atoms with van der Waals surface area (Å²) in [5.74, 6) is 2.11. The van der Waals surface area contributed by atoms with E-state index in [1.807, 2.05) is 31.2 Å². The van der Waals surface area contributed by atoms with Crippen LogP contribution in [0.5, 0.6) is 0 Å². The fourth-order valence-electron chi connectivity index (χ4n) is 7.93. The molecule has 53 heavy (non-hydrogen) atoms. The van der Waals surface area contributed by atoms with E-state index in [0.29, 0.717) is 11.6 Å². The molecule has 0 amide bonds. The van der Waals surface area contributed by atoms with Crippen LogP contribution in [0.15, 0.2) is 83.4 Å². The van der Waals surface area contributed by atoms with Gasteiger partial charge in [0.05, 0.1) is 30.5 Å². The van der Waals surface area contributed by atoms with Crippen LogP contribution >= 0.6 is 0 Å². The van der Waals surface area contributed by atoms with Crippen molar-refractivity contribution in [3.8, 4) is 22.6 Å². The first-order valence-electron chi connectivity index (χ1n) is 19.2. The molecule has 8 rings (SSSR count). The standard InChI is InChI=1S/C25H24N3O.C21H28NSi.Ir/c1-14(2)17-12-13-19(23-22(17)18-11-10-16(5)26-25(18)29-23)24-27-20-8-6-7-9-21(20)28(24)15(3)4;1-23(2,3)21-16-22-20(18-12-8-5-9-13-18)15-19(21)14-17-10-6-4-7-11-17;/h6-12,14-15H,1-5H3;5,8-9,12,15-17H,4,6-7,10-11,14H2,1-3H3;/q2*-1;. The summed E-state index contributed by atoms with van der Waals surface area (Å²) >= 11 is 0. The van der Waals surface area contributed by atoms with Gasteiger partial charge in [0.2, 0.25) is 5.71 Å². The van der Waals surface area contributed by atoms with Crippen molar-refractivity contribution in [3.05, 3.63) is 108 Å². The Kier molecular flexibility index (Phi) is 11.9. The predicted octanol–water partition coefficient (Wildman–Crippen LogP) is 12.0. The minimum atomic E-state index is -1.36. The van der Waals surface area contributed by atoms with E-state index < -0.39 is 8.07 Å². The summed E-state index contributed by atoms with van der Waals surface area (Å²) in [5, 5.41) is 3.72. The number of hydrogen-bond donors (Lipinski definition) is 0. The van der Waals surface area contributed by atoms with Crippen molar-refractivity contribution in [3.63, 3.8) is 0 Å². The Bertz CT molecular complexity index is 2330. The fraction of sp³-hybridized carbons (Fsp3) is 0.370. The summed E-state index contributed by atoms with van der Waals surface area (Å²) in [6.07, 6.45) is 10.5. The van der Waals surface area contributed by atoms with Gasteiger partial charge in [-0.2, -0.15) is 0 Å². The molecule has 0 atom stereocenters. The zero-order valence-corrected chi connectivity index (χ0v) is 35.9. The number of rotatable bonds is 7. The second-order valence-corrected chi connectivity index (χ2v) is 21.3. The molecule has 4 aromatic heterocycles. The van der Waals surface area contributed by atoms with Crippen molar-refractivity contribution in [2.45, 2.75) is 105 Å². The third kappa shape index (κ3) is 8.13. The number of aryl methyl sites for hydroxylation is 1. The first-order chi connectivity index (χ1) is 25.0. The van der Waals surface area contributed by atoms with Crippen LogP contribution in [-0.2, 0) is 26.5 Å². The summed E-state index contributed by atoms with van der Waals surface area (Å²) in [6, 6.07) is 32.1. The van der Waals surface area contributed by atoms with Gasteiger partial charge in [0.1, 0.15) is 0 Å². The Hall–Kier alpha value is -3.90. The number of nitrogens with zero attached hydrogens (tertiary/aromatic N) is 4. The van der Waals surface area contributed by atoms with Crippen molar-refractivity contribution in [1.29, 1.82) is 0 Å². The van der Waals surface area contributed by atoms with Gasteiger partial charge in [0.15, 0.2) is 0 Å². The molecule has 277 valence electrons. The van der Waals surface area contributed by atoms with Gasteiger partial charge in [-0.1, -0.05) is 106 Å². The van der Waals surface area contributed by atoms with E-state index in [4.69, 9.17) is 14.4 Å². The van der Waals surface area contributed by atoms with Crippen molar-refractivity contribution < 1.29 is 24.5 Å². The van der Waals surface area contributed by atoms with E-state index >= 15 is 0 Å². The zero-order chi connectivity index (χ0) is 36.6.